The predicted octanol–water partition coefficient (Wildman–Crippen LogP) is 6.36. The second-order valence-electron chi connectivity index (χ2n) is 8.67. The van der Waals surface area contributed by atoms with Crippen molar-refractivity contribution in [2.75, 3.05) is 0 Å². The topological polar surface area (TPSA) is 0 Å². The van der Waals surface area contributed by atoms with Crippen LogP contribution in [0.1, 0.15) is 0 Å². The fourth-order valence-corrected chi connectivity index (χ4v) is 10.3. The number of rotatable bonds is 6. The molecule has 0 aliphatic rings. The van der Waals surface area contributed by atoms with Gasteiger partial charge < -0.3 is 0 Å². The maximum absolute atomic E-state index is 2.41. The fourth-order valence-electron chi connectivity index (χ4n) is 4.80. The molecule has 6 aromatic rings. The van der Waals surface area contributed by atoms with Gasteiger partial charge in [0.25, 0.3) is 0 Å². The molecule has 0 fully saturated rings. The first-order chi connectivity index (χ1) is 17.9. The molecule has 36 heavy (non-hydrogen) atoms. The molecule has 6 rings (SSSR count). The van der Waals surface area contributed by atoms with E-state index in [2.05, 4.69) is 158 Å². The van der Waals surface area contributed by atoms with Gasteiger partial charge in [0.1, 0.15) is 0 Å². The van der Waals surface area contributed by atoms with Crippen molar-refractivity contribution in [3.63, 3.8) is 0 Å². The average Bonchev–Trinajstić information content (AvgIpc) is 2.96. The van der Waals surface area contributed by atoms with Gasteiger partial charge in [-0.1, -0.05) is 158 Å². The highest BCUT2D eigenvalue weighted by Crippen LogP contribution is 2.41. The summed E-state index contributed by atoms with van der Waals surface area (Å²) in [6.45, 7) is 0. The van der Waals surface area contributed by atoms with Crippen molar-refractivity contribution in [1.29, 1.82) is 0 Å². The SMILES string of the molecule is c1ccc(P(c2ccccc2)c2ccc3ccccc3c2P(c2ccccc2)c2ccccc2)cc1. The van der Waals surface area contributed by atoms with Crippen LogP contribution in [0.25, 0.3) is 10.8 Å². The van der Waals surface area contributed by atoms with Crippen molar-refractivity contribution in [2.24, 2.45) is 0 Å². The summed E-state index contributed by atoms with van der Waals surface area (Å²) in [5.74, 6) is 0. The van der Waals surface area contributed by atoms with E-state index < -0.39 is 15.8 Å². The van der Waals surface area contributed by atoms with Crippen molar-refractivity contribution in [1.82, 2.24) is 0 Å². The van der Waals surface area contributed by atoms with E-state index in [0.29, 0.717) is 0 Å². The Balaban J connectivity index is 1.71. The summed E-state index contributed by atoms with van der Waals surface area (Å²) in [5.41, 5.74) is 0. The van der Waals surface area contributed by atoms with E-state index in [-0.39, 0.29) is 0 Å². The first-order valence-electron chi connectivity index (χ1n) is 12.2. The molecule has 0 atom stereocenters. The zero-order valence-electron chi connectivity index (χ0n) is 19.9. The van der Waals surface area contributed by atoms with Crippen LogP contribution in [0.15, 0.2) is 158 Å². The smallest absolute Gasteiger partial charge is 0.00110 e. The van der Waals surface area contributed by atoms with Crippen LogP contribution in [0.5, 0.6) is 0 Å². The molecule has 172 valence electrons. The predicted molar refractivity (Wildman–Crippen MR) is 161 cm³/mol. The lowest BCUT2D eigenvalue weighted by Gasteiger charge is -2.29. The largest absolute Gasteiger partial charge is 0.0622 e. The minimum Gasteiger partial charge on any atom is -0.0622 e. The third kappa shape index (κ3) is 4.52. The van der Waals surface area contributed by atoms with E-state index >= 15 is 0 Å². The van der Waals surface area contributed by atoms with E-state index in [1.807, 2.05) is 0 Å². The van der Waals surface area contributed by atoms with Gasteiger partial charge in [-0.2, -0.15) is 0 Å². The van der Waals surface area contributed by atoms with E-state index in [0.717, 1.165) is 0 Å². The summed E-state index contributed by atoms with van der Waals surface area (Å²) < 4.78 is 0. The lowest BCUT2D eigenvalue weighted by Crippen LogP contribution is -2.35. The summed E-state index contributed by atoms with van der Waals surface area (Å²) in [7, 11) is -1.50. The molecule has 0 amide bonds. The standard InChI is InChI=1S/C34H26P2/c1-5-16-28(17-6-1)35(29-18-7-2-8-19-29)33-26-25-27-15-13-14-24-32(27)34(33)36(30-20-9-3-10-21-30)31-22-11-4-12-23-31/h1-26H. The molecule has 0 aliphatic carbocycles. The van der Waals surface area contributed by atoms with Crippen molar-refractivity contribution in [2.45, 2.75) is 0 Å². The molecule has 0 unspecified atom stereocenters. The van der Waals surface area contributed by atoms with Gasteiger partial charge in [-0.05, 0) is 53.1 Å². The van der Waals surface area contributed by atoms with Gasteiger partial charge in [-0.3, -0.25) is 0 Å². The third-order valence-corrected chi connectivity index (χ3v) is 11.6. The van der Waals surface area contributed by atoms with Crippen LogP contribution in [-0.4, -0.2) is 0 Å². The second-order valence-corrected chi connectivity index (χ2v) is 13.0. The molecule has 0 saturated heterocycles. The van der Waals surface area contributed by atoms with Gasteiger partial charge in [0.15, 0.2) is 0 Å². The van der Waals surface area contributed by atoms with Crippen molar-refractivity contribution < 1.29 is 0 Å². The van der Waals surface area contributed by atoms with Gasteiger partial charge in [0.2, 0.25) is 0 Å². The third-order valence-electron chi connectivity index (χ3n) is 6.40. The van der Waals surface area contributed by atoms with Crippen LogP contribution in [0.4, 0.5) is 0 Å². The number of benzene rings is 6. The zero-order chi connectivity index (χ0) is 24.2. The van der Waals surface area contributed by atoms with Crippen molar-refractivity contribution in [3.05, 3.63) is 158 Å². The molecule has 0 radical (unpaired) electrons. The van der Waals surface area contributed by atoms with Crippen LogP contribution in [0.2, 0.25) is 0 Å². The molecule has 0 aliphatic heterocycles. The summed E-state index contributed by atoms with van der Waals surface area (Å²) in [4.78, 5) is 0. The van der Waals surface area contributed by atoms with E-state index in [4.69, 9.17) is 0 Å². The summed E-state index contributed by atoms with van der Waals surface area (Å²) >= 11 is 0. The molecule has 0 heterocycles. The Bertz CT molecular complexity index is 1480. The number of hydrogen-bond acceptors (Lipinski definition) is 0. The van der Waals surface area contributed by atoms with Gasteiger partial charge >= 0.3 is 0 Å². The highest BCUT2D eigenvalue weighted by Gasteiger charge is 2.27. The molecule has 2 heteroatoms. The molecule has 0 N–H and O–H groups in total. The first kappa shape index (κ1) is 22.9. The molecular formula is C34H26P2. The Morgan fingerprint density at radius 1 is 0.306 bits per heavy atom. The molecule has 6 aromatic carbocycles. The fraction of sp³-hybridized carbons (Fsp3) is 0. The minimum absolute atomic E-state index is 0.737. The van der Waals surface area contributed by atoms with Crippen LogP contribution in [0.3, 0.4) is 0 Å². The maximum atomic E-state index is 2.41. The first-order valence-corrected chi connectivity index (χ1v) is 14.9. The van der Waals surface area contributed by atoms with Crippen LogP contribution >= 0.6 is 15.8 Å². The van der Waals surface area contributed by atoms with Crippen LogP contribution < -0.4 is 31.8 Å². The van der Waals surface area contributed by atoms with Crippen LogP contribution in [-0.2, 0) is 0 Å². The number of hydrogen-bond donors (Lipinski definition) is 0. The molecular weight excluding hydrogens is 470 g/mol. The van der Waals surface area contributed by atoms with Gasteiger partial charge in [-0.25, -0.2) is 0 Å². The van der Waals surface area contributed by atoms with Gasteiger partial charge in [-0.15, -0.1) is 0 Å². The Hall–Kier alpha value is -3.56. The Morgan fingerprint density at radius 2 is 0.694 bits per heavy atom. The quantitative estimate of drug-likeness (QED) is 0.236. The van der Waals surface area contributed by atoms with E-state index in [9.17, 15) is 0 Å². The average molecular weight is 497 g/mol. The maximum Gasteiger partial charge on any atom is 0.00110 e. The van der Waals surface area contributed by atoms with Crippen LogP contribution in [0, 0.1) is 0 Å². The summed E-state index contributed by atoms with van der Waals surface area (Å²) in [6.07, 6.45) is 0. The summed E-state index contributed by atoms with van der Waals surface area (Å²) in [6, 6.07) is 57.9. The van der Waals surface area contributed by atoms with E-state index in [1.165, 1.54) is 42.6 Å². The Labute approximate surface area is 215 Å². The normalized spacial score (nSPS) is 11.3. The van der Waals surface area contributed by atoms with Crippen molar-refractivity contribution >= 4 is 58.4 Å². The zero-order valence-corrected chi connectivity index (χ0v) is 21.7. The summed E-state index contributed by atoms with van der Waals surface area (Å²) in [5, 5.41) is 11.1. The Morgan fingerprint density at radius 3 is 1.17 bits per heavy atom. The lowest BCUT2D eigenvalue weighted by atomic mass is 10.1. The van der Waals surface area contributed by atoms with Gasteiger partial charge in [0.05, 0.1) is 0 Å². The monoisotopic (exact) mass is 496 g/mol. The highest BCUT2D eigenvalue weighted by atomic mass is 31.1. The minimum atomic E-state index is -0.764. The number of fused-ring (bicyclic) bond motifs is 1. The molecule has 0 nitrogen and oxygen atoms in total. The Kier molecular flexibility index (Phi) is 6.73. The molecule has 0 saturated carbocycles. The van der Waals surface area contributed by atoms with Crippen molar-refractivity contribution in [3.8, 4) is 0 Å². The molecule has 0 aromatic heterocycles. The second kappa shape index (κ2) is 10.6. The highest BCUT2D eigenvalue weighted by molar-refractivity contribution is 7.85. The molecule has 0 spiro atoms. The van der Waals surface area contributed by atoms with Gasteiger partial charge in [0, 0.05) is 5.30 Å². The molecule has 0 bridgehead atoms. The lowest BCUT2D eigenvalue weighted by molar-refractivity contribution is 1.74. The van der Waals surface area contributed by atoms with E-state index in [1.54, 1.807) is 0 Å².